The highest BCUT2D eigenvalue weighted by Crippen LogP contribution is 2.43. The zero-order valence-corrected chi connectivity index (χ0v) is 20.9. The van der Waals surface area contributed by atoms with Crippen LogP contribution in [0.2, 0.25) is 5.02 Å². The van der Waals surface area contributed by atoms with Crippen LogP contribution in [0.4, 0.5) is 36.4 Å². The van der Waals surface area contributed by atoms with Crippen molar-refractivity contribution >= 4 is 40.0 Å². The number of carbonyl (C=O) groups is 2. The Hall–Kier alpha value is -4.13. The van der Waals surface area contributed by atoms with Crippen LogP contribution in [-0.4, -0.2) is 28.0 Å². The van der Waals surface area contributed by atoms with E-state index >= 15 is 0 Å². The topological polar surface area (TPSA) is 76.0 Å². The van der Waals surface area contributed by atoms with Gasteiger partial charge in [0.05, 0.1) is 29.3 Å². The van der Waals surface area contributed by atoms with Gasteiger partial charge >= 0.3 is 6.18 Å². The van der Waals surface area contributed by atoms with E-state index in [1.165, 1.54) is 19.2 Å². The molecule has 1 aromatic heterocycles. The number of anilines is 1. The van der Waals surface area contributed by atoms with Crippen molar-refractivity contribution in [1.82, 2.24) is 15.1 Å². The SMILES string of the molecule is Cn1nc2c3c(c(NC(=O)c4cc(F)cc(C(F)(F)F)c4)cc2c1CC(F)F)[C@H](c1cc(F)ccc1Cl)NC3=O. The van der Waals surface area contributed by atoms with E-state index in [1.807, 2.05) is 0 Å². The molecule has 14 heteroatoms. The summed E-state index contributed by atoms with van der Waals surface area (Å²) in [4.78, 5) is 26.3. The van der Waals surface area contributed by atoms with Gasteiger partial charge in [-0.15, -0.1) is 0 Å². The molecule has 0 saturated heterocycles. The van der Waals surface area contributed by atoms with Crippen LogP contribution < -0.4 is 10.6 Å². The van der Waals surface area contributed by atoms with Crippen molar-refractivity contribution in [3.05, 3.63) is 92.6 Å². The van der Waals surface area contributed by atoms with Gasteiger partial charge in [0.2, 0.25) is 6.43 Å². The summed E-state index contributed by atoms with van der Waals surface area (Å²) in [5.41, 5.74) is -2.31. The second-order valence-corrected chi connectivity index (χ2v) is 9.43. The Kier molecular flexibility index (Phi) is 6.73. The van der Waals surface area contributed by atoms with Gasteiger partial charge in [-0.2, -0.15) is 18.3 Å². The van der Waals surface area contributed by atoms with Gasteiger partial charge in [-0.05, 0) is 42.5 Å². The number of halogens is 8. The van der Waals surface area contributed by atoms with Crippen molar-refractivity contribution in [1.29, 1.82) is 0 Å². The number of fused-ring (bicyclic) bond motifs is 3. The van der Waals surface area contributed by atoms with Crippen molar-refractivity contribution in [3.8, 4) is 0 Å². The van der Waals surface area contributed by atoms with Crippen LogP contribution in [-0.2, 0) is 19.6 Å². The van der Waals surface area contributed by atoms with Crippen LogP contribution in [0.3, 0.4) is 0 Å². The summed E-state index contributed by atoms with van der Waals surface area (Å²) in [6.45, 7) is 0. The highest BCUT2D eigenvalue weighted by atomic mass is 35.5. The van der Waals surface area contributed by atoms with Gasteiger partial charge in [-0.1, -0.05) is 11.6 Å². The van der Waals surface area contributed by atoms with Gasteiger partial charge in [0, 0.05) is 39.8 Å². The van der Waals surface area contributed by atoms with Gasteiger partial charge in [-0.3, -0.25) is 14.3 Å². The predicted molar refractivity (Wildman–Crippen MR) is 130 cm³/mol. The van der Waals surface area contributed by atoms with Crippen LogP contribution in [0.1, 0.15) is 49.1 Å². The maximum Gasteiger partial charge on any atom is 0.416 e. The van der Waals surface area contributed by atoms with Crippen LogP contribution in [0, 0.1) is 11.6 Å². The third-order valence-electron chi connectivity index (χ3n) is 6.44. The molecule has 2 heterocycles. The number of amides is 2. The molecule has 0 bridgehead atoms. The van der Waals surface area contributed by atoms with Gasteiger partial charge in [0.25, 0.3) is 11.8 Å². The molecule has 208 valence electrons. The molecule has 5 rings (SSSR count). The number of rotatable bonds is 5. The molecular weight excluding hydrogens is 569 g/mol. The Labute approximate surface area is 225 Å². The molecule has 1 aliphatic heterocycles. The number of nitrogens with one attached hydrogen (secondary N) is 2. The number of nitrogens with zero attached hydrogens (tertiary/aromatic N) is 2. The predicted octanol–water partition coefficient (Wildman–Crippen LogP) is 6.42. The minimum Gasteiger partial charge on any atom is -0.341 e. The lowest BCUT2D eigenvalue weighted by Crippen LogP contribution is -2.21. The monoisotopic (exact) mass is 584 g/mol. The molecule has 0 aliphatic carbocycles. The standard InChI is InChI=1S/C26H16ClF7N4O2/c1-38-18(9-19(30)31)15-8-17(35-24(39)10-4-11(26(32,33)34)6-13(29)5-10)20-21(23(15)37-38)25(40)36-22(20)14-7-12(28)2-3-16(14)27/h2-8,19,22H,9H2,1H3,(H,35,39)(H,36,40)/t22-/m0/s1. The number of hydrogen-bond acceptors (Lipinski definition) is 3. The van der Waals surface area contributed by atoms with E-state index in [4.69, 9.17) is 11.6 Å². The Balaban J connectivity index is 1.72. The number of aromatic nitrogens is 2. The number of carbonyl (C=O) groups excluding carboxylic acids is 2. The molecular formula is C26H16ClF7N4O2. The van der Waals surface area contributed by atoms with E-state index in [0.717, 1.165) is 16.8 Å². The maximum atomic E-state index is 14.2. The van der Waals surface area contributed by atoms with E-state index < -0.39 is 59.6 Å². The van der Waals surface area contributed by atoms with E-state index in [9.17, 15) is 40.3 Å². The Morgan fingerprint density at radius 3 is 2.52 bits per heavy atom. The average molecular weight is 585 g/mol. The largest absolute Gasteiger partial charge is 0.416 e. The zero-order chi connectivity index (χ0) is 29.1. The summed E-state index contributed by atoms with van der Waals surface area (Å²) < 4.78 is 95.7. The lowest BCUT2D eigenvalue weighted by Gasteiger charge is -2.18. The first-order chi connectivity index (χ1) is 18.7. The van der Waals surface area contributed by atoms with Gasteiger partial charge in [0.15, 0.2) is 0 Å². The van der Waals surface area contributed by atoms with E-state index in [-0.39, 0.29) is 50.1 Å². The van der Waals surface area contributed by atoms with Crippen molar-refractivity contribution < 1.29 is 40.3 Å². The fourth-order valence-corrected chi connectivity index (χ4v) is 4.97. The molecule has 2 amide bonds. The van der Waals surface area contributed by atoms with Crippen LogP contribution in [0.15, 0.2) is 42.5 Å². The summed E-state index contributed by atoms with van der Waals surface area (Å²) in [7, 11) is 1.38. The smallest absolute Gasteiger partial charge is 0.341 e. The van der Waals surface area contributed by atoms with Crippen molar-refractivity contribution in [2.24, 2.45) is 7.05 Å². The first kappa shape index (κ1) is 27.4. The zero-order valence-electron chi connectivity index (χ0n) is 20.1. The molecule has 3 aromatic carbocycles. The number of hydrogen-bond donors (Lipinski definition) is 2. The van der Waals surface area contributed by atoms with Crippen molar-refractivity contribution in [2.45, 2.75) is 25.1 Å². The highest BCUT2D eigenvalue weighted by molar-refractivity contribution is 6.31. The first-order valence-corrected chi connectivity index (χ1v) is 11.9. The number of benzene rings is 3. The molecule has 0 fully saturated rings. The summed E-state index contributed by atoms with van der Waals surface area (Å²) >= 11 is 6.27. The first-order valence-electron chi connectivity index (χ1n) is 11.5. The Morgan fingerprint density at radius 1 is 1.12 bits per heavy atom. The Bertz CT molecular complexity index is 1700. The lowest BCUT2D eigenvalue weighted by atomic mass is 9.93. The van der Waals surface area contributed by atoms with Crippen molar-refractivity contribution in [3.63, 3.8) is 0 Å². The highest BCUT2D eigenvalue weighted by Gasteiger charge is 2.38. The van der Waals surface area contributed by atoms with Gasteiger partial charge in [-0.25, -0.2) is 17.6 Å². The molecule has 0 spiro atoms. The molecule has 6 nitrogen and oxygen atoms in total. The summed E-state index contributed by atoms with van der Waals surface area (Å²) in [6.07, 6.45) is -8.52. The third-order valence-corrected chi connectivity index (χ3v) is 6.78. The van der Waals surface area contributed by atoms with E-state index in [2.05, 4.69) is 15.7 Å². The number of aryl methyl sites for hydroxylation is 1. The quantitative estimate of drug-likeness (QED) is 0.266. The minimum atomic E-state index is -4.95. The fraction of sp³-hybridized carbons (Fsp3) is 0.192. The molecule has 0 radical (unpaired) electrons. The van der Waals surface area contributed by atoms with Crippen LogP contribution in [0.25, 0.3) is 10.9 Å². The Morgan fingerprint density at radius 2 is 1.85 bits per heavy atom. The third kappa shape index (κ3) is 4.85. The molecule has 0 saturated carbocycles. The van der Waals surface area contributed by atoms with Crippen LogP contribution >= 0.6 is 11.6 Å². The minimum absolute atomic E-state index is 0.00351. The van der Waals surface area contributed by atoms with Gasteiger partial charge < -0.3 is 10.6 Å². The summed E-state index contributed by atoms with van der Waals surface area (Å²) in [6, 6.07) is 4.67. The van der Waals surface area contributed by atoms with Crippen molar-refractivity contribution in [2.75, 3.05) is 5.32 Å². The van der Waals surface area contributed by atoms with Crippen LogP contribution in [0.5, 0.6) is 0 Å². The second-order valence-electron chi connectivity index (χ2n) is 9.03. The molecule has 4 aromatic rings. The molecule has 40 heavy (non-hydrogen) atoms. The fourth-order valence-electron chi connectivity index (χ4n) is 4.74. The maximum absolute atomic E-state index is 14.2. The molecule has 0 unspecified atom stereocenters. The van der Waals surface area contributed by atoms with E-state index in [0.29, 0.717) is 12.1 Å². The summed E-state index contributed by atoms with van der Waals surface area (Å²) in [5, 5.41) is 9.30. The summed E-state index contributed by atoms with van der Waals surface area (Å²) in [5.74, 6) is -3.96. The molecule has 1 atom stereocenters. The normalized spacial score (nSPS) is 15.1. The lowest BCUT2D eigenvalue weighted by molar-refractivity contribution is -0.137. The average Bonchev–Trinajstić information content (AvgIpc) is 3.36. The second kappa shape index (κ2) is 9.81. The van der Waals surface area contributed by atoms with Gasteiger partial charge in [0.1, 0.15) is 17.2 Å². The van der Waals surface area contributed by atoms with E-state index in [1.54, 1.807) is 0 Å². The molecule has 2 N–H and O–H groups in total. The molecule has 1 aliphatic rings. The number of alkyl halides is 5.